The Balaban J connectivity index is 1.70. The molecule has 2 rings (SSSR count). The molecule has 2 aliphatic rings. The zero-order chi connectivity index (χ0) is 13.0. The van der Waals surface area contributed by atoms with E-state index < -0.39 is 0 Å². The van der Waals surface area contributed by atoms with Gasteiger partial charge in [-0.05, 0) is 33.4 Å². The largest absolute Gasteiger partial charge is 0.367 e. The molecule has 0 aromatic heterocycles. The van der Waals surface area contributed by atoms with Crippen molar-refractivity contribution >= 4 is 5.91 Å². The van der Waals surface area contributed by atoms with Gasteiger partial charge in [-0.1, -0.05) is 0 Å². The lowest BCUT2D eigenvalue weighted by Gasteiger charge is -2.34. The number of piperidine rings is 1. The van der Waals surface area contributed by atoms with Crippen LogP contribution in [-0.4, -0.2) is 74.2 Å². The zero-order valence-corrected chi connectivity index (χ0v) is 11.5. The van der Waals surface area contributed by atoms with Crippen LogP contribution in [0.25, 0.3) is 0 Å². The van der Waals surface area contributed by atoms with Crippen molar-refractivity contribution in [3.63, 3.8) is 0 Å². The first kappa shape index (κ1) is 13.8. The summed E-state index contributed by atoms with van der Waals surface area (Å²) in [5.74, 6) is 0.140. The fraction of sp³-hybridized carbons (Fsp3) is 0.923. The summed E-state index contributed by atoms with van der Waals surface area (Å²) in [4.78, 5) is 16.2. The standard InChI is InChI=1S/C13H25N3O2/c1-11-12(4-3-5-14-11)18-10-13(17)16-8-6-15(2)7-9-16/h11-12,14H,3-10H2,1-2H3. The number of hydrogen-bond acceptors (Lipinski definition) is 4. The SMILES string of the molecule is CC1NCCCC1OCC(=O)N1CCN(C)CC1. The number of carbonyl (C=O) groups excluding carboxylic acids is 1. The molecule has 2 fully saturated rings. The summed E-state index contributed by atoms with van der Waals surface area (Å²) in [7, 11) is 2.09. The van der Waals surface area contributed by atoms with E-state index in [1.807, 2.05) is 4.90 Å². The van der Waals surface area contributed by atoms with Gasteiger partial charge >= 0.3 is 0 Å². The number of amides is 1. The highest BCUT2D eigenvalue weighted by Gasteiger charge is 2.24. The van der Waals surface area contributed by atoms with Gasteiger partial charge in [0.1, 0.15) is 6.61 Å². The van der Waals surface area contributed by atoms with Crippen molar-refractivity contribution in [1.29, 1.82) is 0 Å². The average molecular weight is 255 g/mol. The third kappa shape index (κ3) is 3.67. The van der Waals surface area contributed by atoms with E-state index in [1.165, 1.54) is 0 Å². The average Bonchev–Trinajstić information content (AvgIpc) is 2.38. The number of hydrogen-bond donors (Lipinski definition) is 1. The van der Waals surface area contributed by atoms with Gasteiger partial charge in [-0.15, -0.1) is 0 Å². The second-order valence-corrected chi connectivity index (χ2v) is 5.42. The second kappa shape index (κ2) is 6.50. The Morgan fingerprint density at radius 3 is 2.72 bits per heavy atom. The van der Waals surface area contributed by atoms with Gasteiger partial charge in [-0.25, -0.2) is 0 Å². The number of ether oxygens (including phenoxy) is 1. The zero-order valence-electron chi connectivity index (χ0n) is 11.5. The Kier molecular flexibility index (Phi) is 4.97. The van der Waals surface area contributed by atoms with Crippen LogP contribution in [0.15, 0.2) is 0 Å². The van der Waals surface area contributed by atoms with Gasteiger partial charge in [-0.3, -0.25) is 4.79 Å². The van der Waals surface area contributed by atoms with Crippen LogP contribution in [0.3, 0.4) is 0 Å². The third-order valence-corrected chi connectivity index (χ3v) is 3.97. The molecule has 0 bridgehead atoms. The van der Waals surface area contributed by atoms with Crippen LogP contribution in [0.4, 0.5) is 0 Å². The molecule has 104 valence electrons. The van der Waals surface area contributed by atoms with Crippen LogP contribution in [-0.2, 0) is 9.53 Å². The van der Waals surface area contributed by atoms with Crippen LogP contribution < -0.4 is 5.32 Å². The molecule has 2 unspecified atom stereocenters. The van der Waals surface area contributed by atoms with Crippen LogP contribution >= 0.6 is 0 Å². The van der Waals surface area contributed by atoms with Crippen molar-refractivity contribution in [1.82, 2.24) is 15.1 Å². The molecular weight excluding hydrogens is 230 g/mol. The van der Waals surface area contributed by atoms with E-state index in [2.05, 4.69) is 24.2 Å². The first-order valence-corrected chi connectivity index (χ1v) is 6.98. The Hall–Kier alpha value is -0.650. The van der Waals surface area contributed by atoms with Crippen LogP contribution in [0.1, 0.15) is 19.8 Å². The molecule has 2 saturated heterocycles. The topological polar surface area (TPSA) is 44.8 Å². The van der Waals surface area contributed by atoms with E-state index in [1.54, 1.807) is 0 Å². The second-order valence-electron chi connectivity index (χ2n) is 5.42. The normalized spacial score (nSPS) is 30.4. The predicted octanol–water partition coefficient (Wildman–Crippen LogP) is -0.0825. The molecule has 0 aliphatic carbocycles. The summed E-state index contributed by atoms with van der Waals surface area (Å²) in [5, 5.41) is 3.38. The molecule has 18 heavy (non-hydrogen) atoms. The van der Waals surface area contributed by atoms with E-state index in [-0.39, 0.29) is 18.6 Å². The van der Waals surface area contributed by atoms with Crippen molar-refractivity contribution in [3.8, 4) is 0 Å². The third-order valence-electron chi connectivity index (χ3n) is 3.97. The first-order chi connectivity index (χ1) is 8.66. The molecule has 0 aromatic rings. The molecule has 1 amide bonds. The number of nitrogens with one attached hydrogen (secondary N) is 1. The molecule has 5 heteroatoms. The van der Waals surface area contributed by atoms with Gasteiger partial charge < -0.3 is 19.9 Å². The maximum atomic E-state index is 12.0. The van der Waals surface area contributed by atoms with E-state index in [9.17, 15) is 4.79 Å². The predicted molar refractivity (Wildman–Crippen MR) is 70.5 cm³/mol. The first-order valence-electron chi connectivity index (χ1n) is 6.98. The van der Waals surface area contributed by atoms with Crippen molar-refractivity contribution < 1.29 is 9.53 Å². The van der Waals surface area contributed by atoms with Gasteiger partial charge in [0.2, 0.25) is 5.91 Å². The number of piperazine rings is 1. The number of likely N-dealkylation sites (N-methyl/N-ethyl adjacent to an activating group) is 1. The van der Waals surface area contributed by atoms with Crippen LogP contribution in [0, 0.1) is 0 Å². The minimum atomic E-state index is 0.140. The van der Waals surface area contributed by atoms with Gasteiger partial charge in [0.15, 0.2) is 0 Å². The van der Waals surface area contributed by atoms with E-state index in [0.717, 1.165) is 45.6 Å². The summed E-state index contributed by atoms with van der Waals surface area (Å²) in [6.07, 6.45) is 2.39. The number of rotatable bonds is 3. The summed E-state index contributed by atoms with van der Waals surface area (Å²) < 4.78 is 5.77. The van der Waals surface area contributed by atoms with Crippen LogP contribution in [0.2, 0.25) is 0 Å². The lowest BCUT2D eigenvalue weighted by Crippen LogP contribution is -2.49. The fourth-order valence-electron chi connectivity index (χ4n) is 2.57. The highest BCUT2D eigenvalue weighted by atomic mass is 16.5. The van der Waals surface area contributed by atoms with Crippen LogP contribution in [0.5, 0.6) is 0 Å². The highest BCUT2D eigenvalue weighted by molar-refractivity contribution is 5.77. The van der Waals surface area contributed by atoms with Crippen molar-refractivity contribution in [2.45, 2.75) is 31.9 Å². The summed E-state index contributed by atoms with van der Waals surface area (Å²) in [6.45, 7) is 7.02. The smallest absolute Gasteiger partial charge is 0.248 e. The van der Waals surface area contributed by atoms with Crippen molar-refractivity contribution in [3.05, 3.63) is 0 Å². The minimum absolute atomic E-state index is 0.140. The maximum Gasteiger partial charge on any atom is 0.248 e. The number of carbonyl (C=O) groups is 1. The Morgan fingerprint density at radius 2 is 2.06 bits per heavy atom. The van der Waals surface area contributed by atoms with Gasteiger partial charge in [-0.2, -0.15) is 0 Å². The summed E-state index contributed by atoms with van der Waals surface area (Å²) >= 11 is 0. The number of nitrogens with zero attached hydrogens (tertiary/aromatic N) is 2. The Bertz CT molecular complexity index is 277. The molecule has 0 saturated carbocycles. The molecular formula is C13H25N3O2. The molecule has 5 nitrogen and oxygen atoms in total. The van der Waals surface area contributed by atoms with E-state index >= 15 is 0 Å². The van der Waals surface area contributed by atoms with E-state index in [0.29, 0.717) is 6.04 Å². The molecule has 0 spiro atoms. The van der Waals surface area contributed by atoms with E-state index in [4.69, 9.17) is 4.74 Å². The summed E-state index contributed by atoms with van der Waals surface area (Å²) in [5.41, 5.74) is 0. The highest BCUT2D eigenvalue weighted by Crippen LogP contribution is 2.12. The van der Waals surface area contributed by atoms with Gasteiger partial charge in [0.25, 0.3) is 0 Å². The molecule has 2 heterocycles. The lowest BCUT2D eigenvalue weighted by molar-refractivity contribution is -0.140. The monoisotopic (exact) mass is 255 g/mol. The minimum Gasteiger partial charge on any atom is -0.367 e. The summed E-state index contributed by atoms with van der Waals surface area (Å²) in [6, 6.07) is 0.360. The molecule has 2 atom stereocenters. The molecule has 1 N–H and O–H groups in total. The fourth-order valence-corrected chi connectivity index (χ4v) is 2.57. The molecule has 0 aromatic carbocycles. The van der Waals surface area contributed by atoms with Crippen molar-refractivity contribution in [2.75, 3.05) is 46.4 Å². The Morgan fingerprint density at radius 1 is 1.33 bits per heavy atom. The van der Waals surface area contributed by atoms with Gasteiger partial charge in [0, 0.05) is 32.2 Å². The van der Waals surface area contributed by atoms with Gasteiger partial charge in [0.05, 0.1) is 6.10 Å². The molecule has 0 radical (unpaired) electrons. The quantitative estimate of drug-likeness (QED) is 0.766. The maximum absolute atomic E-state index is 12.0. The van der Waals surface area contributed by atoms with Crippen molar-refractivity contribution in [2.24, 2.45) is 0 Å². The Labute approximate surface area is 109 Å². The lowest BCUT2D eigenvalue weighted by atomic mass is 10.0. The molecule has 2 aliphatic heterocycles.